The molecular weight excluding hydrogens is 295 g/mol. The minimum atomic E-state index is 0. The lowest BCUT2D eigenvalue weighted by Gasteiger charge is -2.23. The van der Waals surface area contributed by atoms with E-state index in [9.17, 15) is 0 Å². The number of halogens is 2. The molecule has 1 fully saturated rings. The van der Waals surface area contributed by atoms with Crippen molar-refractivity contribution in [2.45, 2.75) is 26.3 Å². The molecule has 1 saturated heterocycles. The Hall–Kier alpha value is -0.480. The molecule has 112 valence electrons. The fraction of sp³-hybridized carbons (Fsp3) is 0.600. The van der Waals surface area contributed by atoms with Crippen LogP contribution in [0.2, 0.25) is 5.02 Å². The number of likely N-dealkylation sites (tertiary alicyclic amines) is 1. The molecule has 1 aromatic rings. The smallest absolute Gasteiger partial charge is 0.127 e. The summed E-state index contributed by atoms with van der Waals surface area (Å²) in [6.07, 6.45) is 2.15. The summed E-state index contributed by atoms with van der Waals surface area (Å²) in [5.74, 6) is 1.06. The molecule has 0 aromatic heterocycles. The lowest BCUT2D eigenvalue weighted by Crippen LogP contribution is -2.31. The molecule has 2 N–H and O–H groups in total. The maximum atomic E-state index is 6.20. The van der Waals surface area contributed by atoms with Gasteiger partial charge in [-0.1, -0.05) is 18.5 Å². The Bertz CT molecular complexity index is 495. The van der Waals surface area contributed by atoms with Gasteiger partial charge in [0.25, 0.3) is 0 Å². The van der Waals surface area contributed by atoms with Crippen LogP contribution in [0.15, 0.2) is 12.1 Å². The van der Waals surface area contributed by atoms with E-state index in [1.807, 2.05) is 12.1 Å². The first kappa shape index (κ1) is 15.9. The van der Waals surface area contributed by atoms with Crippen LogP contribution in [0.25, 0.3) is 0 Å². The van der Waals surface area contributed by atoms with E-state index >= 15 is 0 Å². The van der Waals surface area contributed by atoms with Gasteiger partial charge in [-0.2, -0.15) is 0 Å². The van der Waals surface area contributed by atoms with E-state index in [1.54, 1.807) is 0 Å². The van der Waals surface area contributed by atoms with Crippen LogP contribution in [-0.4, -0.2) is 31.1 Å². The van der Waals surface area contributed by atoms with Crippen molar-refractivity contribution in [2.75, 3.05) is 26.2 Å². The minimum absolute atomic E-state index is 0. The summed E-state index contributed by atoms with van der Waals surface area (Å²) < 4.78 is 5.76. The van der Waals surface area contributed by atoms with Gasteiger partial charge in [0.2, 0.25) is 0 Å². The summed E-state index contributed by atoms with van der Waals surface area (Å²) in [5, 5.41) is 0.819. The molecule has 0 amide bonds. The van der Waals surface area contributed by atoms with Crippen molar-refractivity contribution in [3.05, 3.63) is 28.3 Å². The van der Waals surface area contributed by atoms with E-state index in [0.717, 1.165) is 50.0 Å². The number of nitrogens with two attached hydrogens (primary N) is 1. The fourth-order valence-corrected chi connectivity index (χ4v) is 3.40. The second kappa shape index (κ2) is 6.10. The van der Waals surface area contributed by atoms with E-state index in [0.29, 0.717) is 0 Å². The Morgan fingerprint density at radius 1 is 1.45 bits per heavy atom. The summed E-state index contributed by atoms with van der Waals surface area (Å²) >= 11 is 6.20. The highest BCUT2D eigenvalue weighted by molar-refractivity contribution is 6.30. The lowest BCUT2D eigenvalue weighted by atomic mass is 9.90. The summed E-state index contributed by atoms with van der Waals surface area (Å²) in [4.78, 5) is 2.46. The second-order valence-electron chi connectivity index (χ2n) is 6.13. The molecule has 1 atom stereocenters. The Morgan fingerprint density at radius 2 is 2.25 bits per heavy atom. The third kappa shape index (κ3) is 3.06. The van der Waals surface area contributed by atoms with Crippen LogP contribution in [0.3, 0.4) is 0 Å². The largest absolute Gasteiger partial charge is 0.493 e. The molecule has 2 heterocycles. The molecule has 2 aliphatic rings. The summed E-state index contributed by atoms with van der Waals surface area (Å²) in [5.41, 5.74) is 8.61. The van der Waals surface area contributed by atoms with Crippen molar-refractivity contribution in [3.63, 3.8) is 0 Å². The van der Waals surface area contributed by atoms with E-state index < -0.39 is 0 Å². The molecule has 0 saturated carbocycles. The summed E-state index contributed by atoms with van der Waals surface area (Å²) in [6, 6.07) is 4.07. The molecule has 3 nitrogen and oxygen atoms in total. The Balaban J connectivity index is 0.00000147. The zero-order chi connectivity index (χ0) is 13.5. The molecule has 0 aliphatic carbocycles. The maximum Gasteiger partial charge on any atom is 0.127 e. The topological polar surface area (TPSA) is 38.5 Å². The van der Waals surface area contributed by atoms with Gasteiger partial charge in [-0.05, 0) is 42.6 Å². The molecular formula is C15H22Cl2N2O. The molecule has 0 spiro atoms. The summed E-state index contributed by atoms with van der Waals surface area (Å²) in [6.45, 7) is 6.89. The van der Waals surface area contributed by atoms with Crippen molar-refractivity contribution >= 4 is 24.0 Å². The van der Waals surface area contributed by atoms with Crippen LogP contribution in [0.4, 0.5) is 0 Å². The van der Waals surface area contributed by atoms with E-state index in [4.69, 9.17) is 22.1 Å². The summed E-state index contributed by atoms with van der Waals surface area (Å²) in [7, 11) is 0. The van der Waals surface area contributed by atoms with Gasteiger partial charge in [-0.3, -0.25) is 4.90 Å². The van der Waals surface area contributed by atoms with Crippen LogP contribution < -0.4 is 10.5 Å². The normalized spacial score (nSPS) is 25.1. The Kier molecular flexibility index (Phi) is 4.85. The van der Waals surface area contributed by atoms with Crippen LogP contribution in [-0.2, 0) is 13.0 Å². The van der Waals surface area contributed by atoms with E-state index in [1.165, 1.54) is 17.5 Å². The fourth-order valence-electron chi connectivity index (χ4n) is 3.13. The number of ether oxygens (including phenoxy) is 1. The van der Waals surface area contributed by atoms with Crippen molar-refractivity contribution in [2.24, 2.45) is 11.1 Å². The quantitative estimate of drug-likeness (QED) is 0.932. The van der Waals surface area contributed by atoms with Crippen LogP contribution in [0, 0.1) is 5.41 Å². The first-order valence-electron chi connectivity index (χ1n) is 6.96. The Labute approximate surface area is 131 Å². The first-order chi connectivity index (χ1) is 9.09. The molecule has 3 rings (SSSR count). The number of nitrogens with zero attached hydrogens (tertiary/aromatic N) is 1. The number of hydrogen-bond donors (Lipinski definition) is 1. The third-order valence-electron chi connectivity index (χ3n) is 4.35. The van der Waals surface area contributed by atoms with Crippen LogP contribution in [0.5, 0.6) is 5.75 Å². The minimum Gasteiger partial charge on any atom is -0.493 e. The maximum absolute atomic E-state index is 6.20. The zero-order valence-corrected chi connectivity index (χ0v) is 13.4. The van der Waals surface area contributed by atoms with Gasteiger partial charge in [-0.25, -0.2) is 0 Å². The molecule has 1 aromatic carbocycles. The van der Waals surface area contributed by atoms with Gasteiger partial charge in [0.05, 0.1) is 6.61 Å². The molecule has 5 heteroatoms. The van der Waals surface area contributed by atoms with Crippen molar-refractivity contribution in [3.8, 4) is 5.75 Å². The third-order valence-corrected chi connectivity index (χ3v) is 4.57. The van der Waals surface area contributed by atoms with Crippen molar-refractivity contribution in [1.82, 2.24) is 4.90 Å². The average Bonchev–Trinajstić information content (AvgIpc) is 2.97. The average molecular weight is 317 g/mol. The molecule has 2 aliphatic heterocycles. The number of fused-ring (bicyclic) bond motifs is 1. The molecule has 20 heavy (non-hydrogen) atoms. The van der Waals surface area contributed by atoms with Gasteiger partial charge < -0.3 is 10.5 Å². The standard InChI is InChI=1S/C15H21ClN2O.ClH/c1-15(9-17)3-4-18(10-15)8-12-7-13(16)6-11-2-5-19-14(11)12;/h6-7H,2-5,8-10,17H2,1H3;1H. The second-order valence-corrected chi connectivity index (χ2v) is 6.56. The van der Waals surface area contributed by atoms with E-state index in [2.05, 4.69) is 11.8 Å². The molecule has 0 bridgehead atoms. The Morgan fingerprint density at radius 3 is 2.95 bits per heavy atom. The lowest BCUT2D eigenvalue weighted by molar-refractivity contribution is 0.269. The number of rotatable bonds is 3. The van der Waals surface area contributed by atoms with Crippen molar-refractivity contribution < 1.29 is 4.74 Å². The van der Waals surface area contributed by atoms with Crippen LogP contribution >= 0.6 is 24.0 Å². The van der Waals surface area contributed by atoms with Gasteiger partial charge in [-0.15, -0.1) is 12.4 Å². The van der Waals surface area contributed by atoms with Gasteiger partial charge in [0.1, 0.15) is 5.75 Å². The highest BCUT2D eigenvalue weighted by atomic mass is 35.5. The van der Waals surface area contributed by atoms with Crippen molar-refractivity contribution in [1.29, 1.82) is 0 Å². The number of hydrogen-bond acceptors (Lipinski definition) is 3. The highest BCUT2D eigenvalue weighted by Crippen LogP contribution is 2.36. The molecule has 0 radical (unpaired) electrons. The van der Waals surface area contributed by atoms with Gasteiger partial charge >= 0.3 is 0 Å². The zero-order valence-electron chi connectivity index (χ0n) is 11.8. The van der Waals surface area contributed by atoms with E-state index in [-0.39, 0.29) is 17.8 Å². The highest BCUT2D eigenvalue weighted by Gasteiger charge is 2.33. The monoisotopic (exact) mass is 316 g/mol. The van der Waals surface area contributed by atoms with Gasteiger partial charge in [0.15, 0.2) is 0 Å². The predicted octanol–water partition coefficient (Wildman–Crippen LogP) is 2.87. The number of benzene rings is 1. The molecule has 1 unspecified atom stereocenters. The van der Waals surface area contributed by atoms with Gasteiger partial charge in [0, 0.05) is 30.1 Å². The predicted molar refractivity (Wildman–Crippen MR) is 85.0 cm³/mol. The van der Waals surface area contributed by atoms with Crippen LogP contribution in [0.1, 0.15) is 24.5 Å². The first-order valence-corrected chi connectivity index (χ1v) is 7.34. The SMILES string of the molecule is CC1(CN)CCN(Cc2cc(Cl)cc3c2OCC3)C1.Cl.